The van der Waals surface area contributed by atoms with Gasteiger partial charge in [0.2, 0.25) is 0 Å². The molecule has 0 saturated carbocycles. The molecule has 30 heavy (non-hydrogen) atoms. The number of H-pyrrole nitrogens is 1. The average molecular weight is 516 g/mol. The van der Waals surface area contributed by atoms with Crippen LogP contribution in [0, 0.1) is 4.64 Å². The summed E-state index contributed by atoms with van der Waals surface area (Å²) >= 11 is 4.72. The molecule has 0 aromatic carbocycles. The van der Waals surface area contributed by atoms with Gasteiger partial charge in [-0.3, -0.25) is 18.6 Å². The van der Waals surface area contributed by atoms with Crippen molar-refractivity contribution in [3.05, 3.63) is 27.4 Å². The van der Waals surface area contributed by atoms with E-state index < -0.39 is 59.8 Å². The van der Waals surface area contributed by atoms with Crippen LogP contribution < -0.4 is 5.69 Å². The molecule has 2 heterocycles. The van der Waals surface area contributed by atoms with Gasteiger partial charge < -0.3 is 29.6 Å². The highest BCUT2D eigenvalue weighted by atomic mass is 32.1. The summed E-state index contributed by atoms with van der Waals surface area (Å²) in [4.78, 5) is 41.5. The summed E-state index contributed by atoms with van der Waals surface area (Å²) in [7, 11) is -15.9. The second-order valence-corrected chi connectivity index (χ2v) is 11.4. The number of phosphoric ester groups is 1. The summed E-state index contributed by atoms with van der Waals surface area (Å²) < 4.78 is 66.0. The Morgan fingerprint density at radius 3 is 2.40 bits per heavy atom. The fourth-order valence-corrected chi connectivity index (χ4v) is 5.89. The number of hydrogen-bond donors (Lipinski definition) is 6. The Morgan fingerprint density at radius 1 is 1.27 bits per heavy atom. The molecular formula is C10H16FN2O13P3S. The van der Waals surface area contributed by atoms with Gasteiger partial charge in [0.25, 0.3) is 5.85 Å². The van der Waals surface area contributed by atoms with E-state index in [4.69, 9.17) is 21.8 Å². The molecule has 1 aromatic rings. The van der Waals surface area contributed by atoms with Crippen LogP contribution in [0.2, 0.25) is 0 Å². The third kappa shape index (κ3) is 6.43. The van der Waals surface area contributed by atoms with Gasteiger partial charge in [0.05, 0.1) is 0 Å². The number of aliphatic hydroxyl groups excluding tert-OH is 2. The molecule has 3 unspecified atom stereocenters. The van der Waals surface area contributed by atoms with Gasteiger partial charge in [-0.1, -0.05) is 12.2 Å². The van der Waals surface area contributed by atoms with Gasteiger partial charge in [0.1, 0.15) is 23.5 Å². The summed E-state index contributed by atoms with van der Waals surface area (Å²) in [5.41, 5.74) is -0.938. The average Bonchev–Trinajstić information content (AvgIpc) is 2.75. The fourth-order valence-electron chi connectivity index (χ4n) is 2.25. The Bertz CT molecular complexity index is 1060. The second-order valence-electron chi connectivity index (χ2n) is 5.92. The second kappa shape index (κ2) is 8.71. The molecule has 1 fully saturated rings. The molecule has 1 aliphatic heterocycles. The van der Waals surface area contributed by atoms with Gasteiger partial charge in [-0.2, -0.15) is 4.31 Å². The maximum absolute atomic E-state index is 14.9. The summed E-state index contributed by atoms with van der Waals surface area (Å²) in [6.07, 6.45) is -5.28. The lowest BCUT2D eigenvalue weighted by Gasteiger charge is -2.24. The Balaban J connectivity index is 2.15. The highest BCUT2D eigenvalue weighted by molar-refractivity contribution is 7.71. The van der Waals surface area contributed by atoms with Crippen molar-refractivity contribution in [3.8, 4) is 0 Å². The van der Waals surface area contributed by atoms with Gasteiger partial charge in [-0.15, -0.1) is 0 Å². The van der Waals surface area contributed by atoms with Crippen LogP contribution in [0.25, 0.3) is 0 Å². The largest absolute Gasteiger partial charge is 0.488 e. The quantitative estimate of drug-likeness (QED) is 0.196. The zero-order chi connectivity index (χ0) is 23.1. The Morgan fingerprint density at radius 2 is 1.87 bits per heavy atom. The van der Waals surface area contributed by atoms with Gasteiger partial charge >= 0.3 is 28.9 Å². The number of nitrogens with one attached hydrogen (secondary N) is 1. The van der Waals surface area contributed by atoms with Crippen LogP contribution in [0.4, 0.5) is 4.39 Å². The number of hydrogen-bond acceptors (Lipinski definition) is 11. The number of rotatable bonds is 8. The third-order valence-electron chi connectivity index (χ3n) is 3.38. The molecule has 0 amide bonds. The number of ether oxygens (including phenoxy) is 1. The zero-order valence-corrected chi connectivity index (χ0v) is 18.2. The first-order valence-electron chi connectivity index (χ1n) is 7.52. The van der Waals surface area contributed by atoms with Crippen LogP contribution >= 0.6 is 35.5 Å². The minimum Gasteiger partial charge on any atom is -0.385 e. The topological polar surface area (TPSA) is 227 Å². The van der Waals surface area contributed by atoms with Crippen LogP contribution in [0.15, 0.2) is 17.1 Å². The van der Waals surface area contributed by atoms with Crippen LogP contribution in [0.5, 0.6) is 0 Å². The fraction of sp³-hybridized carbons (Fsp3) is 0.600. The molecular weight excluding hydrogens is 500 g/mol. The van der Waals surface area contributed by atoms with E-state index in [2.05, 4.69) is 18.1 Å². The van der Waals surface area contributed by atoms with Gasteiger partial charge in [-0.05, 0) is 6.07 Å². The summed E-state index contributed by atoms with van der Waals surface area (Å²) in [5, 5.41) is 19.9. The molecule has 2 rings (SSSR count). The predicted molar refractivity (Wildman–Crippen MR) is 95.4 cm³/mol. The highest BCUT2D eigenvalue weighted by Gasteiger charge is 2.57. The number of alkyl halides is 1. The zero-order valence-electron chi connectivity index (χ0n) is 14.7. The maximum Gasteiger partial charge on any atom is 0.488 e. The van der Waals surface area contributed by atoms with Crippen molar-refractivity contribution in [3.63, 3.8) is 0 Å². The minimum atomic E-state index is -5.62. The number of phosphoric acid groups is 2. The molecule has 1 aromatic heterocycles. The molecule has 172 valence electrons. The smallest absolute Gasteiger partial charge is 0.385 e. The lowest BCUT2D eigenvalue weighted by Crippen LogP contribution is -2.43. The Hall–Kier alpha value is -0.640. The normalized spacial score (nSPS) is 32.8. The van der Waals surface area contributed by atoms with Crippen LogP contribution in [0.1, 0.15) is 6.23 Å². The van der Waals surface area contributed by atoms with Gasteiger partial charge in [0.15, 0.2) is 6.23 Å². The molecule has 20 heteroatoms. The lowest BCUT2D eigenvalue weighted by atomic mass is 10.1. The van der Waals surface area contributed by atoms with E-state index in [0.29, 0.717) is 11.2 Å². The molecule has 0 spiro atoms. The number of aromatic nitrogens is 2. The first-order chi connectivity index (χ1) is 13.4. The minimum absolute atomic E-state index is 0.00709. The molecule has 0 bridgehead atoms. The van der Waals surface area contributed by atoms with Gasteiger partial charge in [-0.25, -0.2) is 22.6 Å². The van der Waals surface area contributed by atoms with Crippen LogP contribution in [-0.4, -0.2) is 65.8 Å². The van der Waals surface area contributed by atoms with E-state index in [1.807, 2.05) is 0 Å². The SMILES string of the molecule is CP(=O)(O)OP(=O)(O)OP(=O)(O)OC[C@@]1(F)O[C@@H](n2ccc(=S)[nH]c2=O)[C@H](O)[C@@H]1O. The number of halogens is 1. The molecule has 7 atom stereocenters. The Labute approximate surface area is 171 Å². The van der Waals surface area contributed by atoms with Crippen LogP contribution in [0.3, 0.4) is 0 Å². The standard InChI is InChI=1S/C10H16FN2O13P3S/c1-27(17,18)25-29(21,22)26-28(19,20)23-4-10(11)7(15)6(14)8(24-10)13-3-2-5(30)12-9(13)16/h2-3,6-8,14-15H,4H2,1H3,(H,17,18)(H,19,20)(H,21,22)(H,12,16,30)/t6-,7+,8-,10-/m1/s1. The number of aliphatic hydroxyl groups is 2. The molecule has 1 saturated heterocycles. The van der Waals surface area contributed by atoms with E-state index >= 15 is 0 Å². The monoisotopic (exact) mass is 516 g/mol. The van der Waals surface area contributed by atoms with Crippen molar-refractivity contribution in [1.29, 1.82) is 0 Å². The maximum atomic E-state index is 14.9. The van der Waals surface area contributed by atoms with E-state index in [0.717, 1.165) is 6.20 Å². The van der Waals surface area contributed by atoms with E-state index in [1.165, 1.54) is 6.07 Å². The van der Waals surface area contributed by atoms with Crippen molar-refractivity contribution in [2.45, 2.75) is 24.3 Å². The number of aromatic amines is 1. The first-order valence-corrected chi connectivity index (χ1v) is 12.9. The van der Waals surface area contributed by atoms with Crippen molar-refractivity contribution < 1.29 is 60.9 Å². The highest BCUT2D eigenvalue weighted by Crippen LogP contribution is 2.66. The van der Waals surface area contributed by atoms with Crippen molar-refractivity contribution in [2.24, 2.45) is 0 Å². The van der Waals surface area contributed by atoms with E-state index in [-0.39, 0.29) is 4.64 Å². The third-order valence-corrected chi connectivity index (χ3v) is 7.77. The molecule has 0 aliphatic carbocycles. The summed E-state index contributed by atoms with van der Waals surface area (Å²) in [6, 6.07) is 1.19. The number of nitrogens with zero attached hydrogens (tertiary/aromatic N) is 1. The molecule has 15 nitrogen and oxygen atoms in total. The summed E-state index contributed by atoms with van der Waals surface area (Å²) in [6.45, 7) is -1.17. The first kappa shape index (κ1) is 25.6. The van der Waals surface area contributed by atoms with Crippen molar-refractivity contribution >= 4 is 35.5 Å². The van der Waals surface area contributed by atoms with E-state index in [1.54, 1.807) is 0 Å². The summed E-state index contributed by atoms with van der Waals surface area (Å²) in [5.74, 6) is -3.39. The van der Waals surface area contributed by atoms with E-state index in [9.17, 15) is 42.9 Å². The lowest BCUT2D eigenvalue weighted by molar-refractivity contribution is -0.204. The Kier molecular flexibility index (Phi) is 7.44. The molecule has 6 N–H and O–H groups in total. The molecule has 0 radical (unpaired) electrons. The van der Waals surface area contributed by atoms with Crippen molar-refractivity contribution in [2.75, 3.05) is 13.3 Å². The van der Waals surface area contributed by atoms with Crippen molar-refractivity contribution in [1.82, 2.24) is 9.55 Å². The molecule has 1 aliphatic rings. The predicted octanol–water partition coefficient (Wildman–Crippen LogP) is -0.112. The van der Waals surface area contributed by atoms with Crippen LogP contribution in [-0.2, 0) is 31.6 Å². The van der Waals surface area contributed by atoms with Gasteiger partial charge in [0, 0.05) is 12.9 Å².